The van der Waals surface area contributed by atoms with Crippen molar-refractivity contribution in [1.29, 1.82) is 0 Å². The lowest BCUT2D eigenvalue weighted by molar-refractivity contribution is -0.176. The third-order valence-corrected chi connectivity index (χ3v) is 7.72. The summed E-state index contributed by atoms with van der Waals surface area (Å²) >= 11 is 0. The Labute approximate surface area is 229 Å². The molecule has 1 aromatic rings. The highest BCUT2D eigenvalue weighted by molar-refractivity contribution is 5.82. The Balaban J connectivity index is 2.09. The van der Waals surface area contributed by atoms with Gasteiger partial charge in [-0.05, 0) is 63.9 Å². The number of benzene rings is 1. The smallest absolute Gasteiger partial charge is 0.391 e. The molecule has 3 amide bonds. The molecular weight excluding hydrogens is 511 g/mol. The SMILES string of the molecule is CCCCNC(=O)[C@H](C)C[C@H](O)[C@H](Cc1ccccc1)NC(=O)[C@@H]1CCC[C@H](C(C)(C)NC(=O)C(F)(F)F)C1. The van der Waals surface area contributed by atoms with Gasteiger partial charge in [-0.25, -0.2) is 0 Å². The number of hydrogen-bond acceptors (Lipinski definition) is 4. The van der Waals surface area contributed by atoms with Gasteiger partial charge in [0.15, 0.2) is 0 Å². The van der Waals surface area contributed by atoms with Gasteiger partial charge in [0.05, 0.1) is 12.1 Å². The van der Waals surface area contributed by atoms with Crippen LogP contribution in [0.25, 0.3) is 0 Å². The van der Waals surface area contributed by atoms with Crippen molar-refractivity contribution in [3.63, 3.8) is 0 Å². The van der Waals surface area contributed by atoms with Crippen LogP contribution in [0.3, 0.4) is 0 Å². The van der Waals surface area contributed by atoms with Gasteiger partial charge in [-0.15, -0.1) is 0 Å². The molecule has 1 fully saturated rings. The summed E-state index contributed by atoms with van der Waals surface area (Å²) in [7, 11) is 0. The molecule has 5 atom stereocenters. The summed E-state index contributed by atoms with van der Waals surface area (Å²) in [4.78, 5) is 37.4. The van der Waals surface area contributed by atoms with E-state index in [0.29, 0.717) is 38.6 Å². The minimum absolute atomic E-state index is 0.148. The maximum atomic E-state index is 13.4. The Kier molecular flexibility index (Phi) is 12.3. The van der Waals surface area contributed by atoms with E-state index in [-0.39, 0.29) is 24.2 Å². The van der Waals surface area contributed by atoms with E-state index in [9.17, 15) is 32.7 Å². The van der Waals surface area contributed by atoms with Gasteiger partial charge in [-0.1, -0.05) is 57.0 Å². The van der Waals surface area contributed by atoms with Gasteiger partial charge in [0.25, 0.3) is 0 Å². The second kappa shape index (κ2) is 14.7. The zero-order valence-corrected chi connectivity index (χ0v) is 23.4. The van der Waals surface area contributed by atoms with Crippen LogP contribution in [0, 0.1) is 17.8 Å². The third kappa shape index (κ3) is 10.5. The van der Waals surface area contributed by atoms with Gasteiger partial charge in [-0.2, -0.15) is 13.2 Å². The number of alkyl halides is 3. The molecule has 0 bridgehead atoms. The van der Waals surface area contributed by atoms with Crippen LogP contribution < -0.4 is 16.0 Å². The predicted octanol–water partition coefficient (Wildman–Crippen LogP) is 4.28. The lowest BCUT2D eigenvalue weighted by atomic mass is 9.72. The molecule has 0 aromatic heterocycles. The predicted molar refractivity (Wildman–Crippen MR) is 144 cm³/mol. The Hall–Kier alpha value is -2.62. The molecule has 39 heavy (non-hydrogen) atoms. The summed E-state index contributed by atoms with van der Waals surface area (Å²) < 4.78 is 38.5. The normalized spacial score (nSPS) is 20.4. The Morgan fingerprint density at radius 2 is 1.77 bits per heavy atom. The second-order valence-electron chi connectivity index (χ2n) is 11.4. The maximum Gasteiger partial charge on any atom is 0.471 e. The number of halogens is 3. The molecule has 0 unspecified atom stereocenters. The van der Waals surface area contributed by atoms with Crippen LogP contribution in [0.2, 0.25) is 0 Å². The molecule has 4 N–H and O–H groups in total. The second-order valence-corrected chi connectivity index (χ2v) is 11.4. The number of rotatable bonds is 13. The van der Waals surface area contributed by atoms with Gasteiger partial charge in [0.2, 0.25) is 11.8 Å². The van der Waals surface area contributed by atoms with E-state index in [0.717, 1.165) is 18.4 Å². The number of unbranched alkanes of at least 4 members (excludes halogenated alkanes) is 1. The number of aliphatic hydroxyl groups excluding tert-OH is 1. The van der Waals surface area contributed by atoms with Crippen LogP contribution in [-0.2, 0) is 20.8 Å². The largest absolute Gasteiger partial charge is 0.471 e. The Bertz CT molecular complexity index is 939. The van der Waals surface area contributed by atoms with Crippen molar-refractivity contribution in [3.8, 4) is 0 Å². The van der Waals surface area contributed by atoms with Gasteiger partial charge < -0.3 is 21.1 Å². The van der Waals surface area contributed by atoms with Crippen LogP contribution >= 0.6 is 0 Å². The molecule has 1 aliphatic carbocycles. The molecule has 2 rings (SSSR count). The van der Waals surface area contributed by atoms with Crippen molar-refractivity contribution in [1.82, 2.24) is 16.0 Å². The van der Waals surface area contributed by atoms with Crippen LogP contribution in [0.4, 0.5) is 13.2 Å². The summed E-state index contributed by atoms with van der Waals surface area (Å²) in [5, 5.41) is 19.1. The first kappa shape index (κ1) is 32.6. The average Bonchev–Trinajstić information content (AvgIpc) is 2.88. The van der Waals surface area contributed by atoms with Crippen molar-refractivity contribution in [3.05, 3.63) is 35.9 Å². The molecule has 10 heteroatoms. The van der Waals surface area contributed by atoms with E-state index in [1.807, 2.05) is 37.3 Å². The summed E-state index contributed by atoms with van der Waals surface area (Å²) in [5.74, 6) is -3.66. The Morgan fingerprint density at radius 3 is 2.38 bits per heavy atom. The van der Waals surface area contributed by atoms with Crippen LogP contribution in [0.15, 0.2) is 30.3 Å². The number of amides is 3. The molecule has 0 spiro atoms. The number of hydrogen-bond donors (Lipinski definition) is 4. The lowest BCUT2D eigenvalue weighted by Crippen LogP contribution is -2.55. The number of aliphatic hydroxyl groups is 1. The zero-order valence-electron chi connectivity index (χ0n) is 23.4. The fourth-order valence-corrected chi connectivity index (χ4v) is 5.20. The first-order valence-corrected chi connectivity index (χ1v) is 13.9. The monoisotopic (exact) mass is 555 g/mol. The van der Waals surface area contributed by atoms with E-state index in [4.69, 9.17) is 0 Å². The van der Waals surface area contributed by atoms with Crippen molar-refractivity contribution < 1.29 is 32.7 Å². The molecular formula is C29H44F3N3O4. The first-order chi connectivity index (χ1) is 18.2. The van der Waals surface area contributed by atoms with E-state index < -0.39 is 41.6 Å². The standard InChI is InChI=1S/C29H44F3N3O4/c1-5-6-15-33-25(37)19(2)16-24(36)23(17-20-11-8-7-9-12-20)34-26(38)21-13-10-14-22(18-21)28(3,4)35-27(39)29(30,31)32/h7-9,11-12,19,21-24,36H,5-6,10,13-18H2,1-4H3,(H,33,37)(H,34,38)(H,35,39)/t19-,21-,22+,23+,24+/m1/s1. The highest BCUT2D eigenvalue weighted by atomic mass is 19.4. The summed E-state index contributed by atoms with van der Waals surface area (Å²) in [6.07, 6.45) is -1.50. The lowest BCUT2D eigenvalue weighted by Gasteiger charge is -2.40. The fourth-order valence-electron chi connectivity index (χ4n) is 5.20. The average molecular weight is 556 g/mol. The summed E-state index contributed by atoms with van der Waals surface area (Å²) in [6, 6.07) is 8.76. The summed E-state index contributed by atoms with van der Waals surface area (Å²) in [6.45, 7) is 7.45. The molecule has 220 valence electrons. The topological polar surface area (TPSA) is 108 Å². The minimum Gasteiger partial charge on any atom is -0.391 e. The van der Waals surface area contributed by atoms with E-state index in [2.05, 4.69) is 16.0 Å². The fraction of sp³-hybridized carbons (Fsp3) is 0.690. The van der Waals surface area contributed by atoms with Crippen LogP contribution in [0.1, 0.15) is 78.2 Å². The van der Waals surface area contributed by atoms with Gasteiger partial charge in [-0.3, -0.25) is 14.4 Å². The van der Waals surface area contributed by atoms with Crippen molar-refractivity contribution >= 4 is 17.7 Å². The van der Waals surface area contributed by atoms with E-state index in [1.54, 1.807) is 20.8 Å². The quantitative estimate of drug-likeness (QED) is 0.273. The zero-order chi connectivity index (χ0) is 29.2. The molecule has 1 aliphatic rings. The highest BCUT2D eigenvalue weighted by Crippen LogP contribution is 2.36. The van der Waals surface area contributed by atoms with E-state index in [1.165, 1.54) is 0 Å². The van der Waals surface area contributed by atoms with Crippen molar-refractivity contribution in [2.24, 2.45) is 17.8 Å². The first-order valence-electron chi connectivity index (χ1n) is 13.9. The number of carbonyl (C=O) groups excluding carboxylic acids is 3. The minimum atomic E-state index is -4.98. The number of carbonyl (C=O) groups is 3. The Morgan fingerprint density at radius 1 is 1.10 bits per heavy atom. The molecule has 1 aromatic carbocycles. The maximum absolute atomic E-state index is 13.4. The van der Waals surface area contributed by atoms with Gasteiger partial charge in [0.1, 0.15) is 0 Å². The number of nitrogens with one attached hydrogen (secondary N) is 3. The van der Waals surface area contributed by atoms with Gasteiger partial charge in [0, 0.05) is 23.9 Å². The molecule has 0 aliphatic heterocycles. The molecule has 0 radical (unpaired) electrons. The van der Waals surface area contributed by atoms with Crippen LogP contribution in [-0.4, -0.2) is 53.2 Å². The van der Waals surface area contributed by atoms with Gasteiger partial charge >= 0.3 is 12.1 Å². The van der Waals surface area contributed by atoms with E-state index >= 15 is 0 Å². The van der Waals surface area contributed by atoms with Crippen LogP contribution in [0.5, 0.6) is 0 Å². The molecule has 7 nitrogen and oxygen atoms in total. The molecule has 1 saturated carbocycles. The molecule has 0 saturated heterocycles. The third-order valence-electron chi connectivity index (χ3n) is 7.72. The highest BCUT2D eigenvalue weighted by Gasteiger charge is 2.44. The van der Waals surface area contributed by atoms with Crippen molar-refractivity contribution in [2.75, 3.05) is 6.54 Å². The molecule has 0 heterocycles. The summed E-state index contributed by atoms with van der Waals surface area (Å²) in [5.41, 5.74) is -0.228. The van der Waals surface area contributed by atoms with Crippen molar-refractivity contribution in [2.45, 2.75) is 103 Å².